The molecule has 2 atom stereocenters. The van der Waals surface area contributed by atoms with Crippen LogP contribution >= 0.6 is 0 Å². The lowest BCUT2D eigenvalue weighted by atomic mass is 9.92. The van der Waals surface area contributed by atoms with Crippen LogP contribution in [-0.4, -0.2) is 30.1 Å². The number of carbonyl (C=O) groups excluding carboxylic acids is 1. The summed E-state index contributed by atoms with van der Waals surface area (Å²) in [6.07, 6.45) is 2.17. The number of nitrogens with one attached hydrogen (secondary N) is 1. The number of hydrogen-bond donors (Lipinski definition) is 2. The second-order valence-corrected chi connectivity index (χ2v) is 5.35. The van der Waals surface area contributed by atoms with Gasteiger partial charge in [-0.05, 0) is 31.2 Å². The van der Waals surface area contributed by atoms with Crippen LogP contribution in [0.1, 0.15) is 25.3 Å². The topological polar surface area (TPSA) is 58.4 Å². The van der Waals surface area contributed by atoms with E-state index in [9.17, 15) is 4.79 Å². The molecule has 3 N–H and O–H groups in total. The molecule has 1 heterocycles. The summed E-state index contributed by atoms with van der Waals surface area (Å²) in [5.41, 5.74) is 7.06. The highest BCUT2D eigenvalue weighted by atomic mass is 16.2. The third-order valence-electron chi connectivity index (χ3n) is 3.78. The molecule has 4 nitrogen and oxygen atoms in total. The van der Waals surface area contributed by atoms with Gasteiger partial charge >= 0.3 is 6.03 Å². The average molecular weight is 261 g/mol. The van der Waals surface area contributed by atoms with Crippen molar-refractivity contribution in [3.8, 4) is 0 Å². The summed E-state index contributed by atoms with van der Waals surface area (Å²) in [7, 11) is 0. The number of rotatable bonds is 3. The van der Waals surface area contributed by atoms with Crippen molar-refractivity contribution in [3.63, 3.8) is 0 Å². The van der Waals surface area contributed by atoms with Crippen LogP contribution in [0.5, 0.6) is 0 Å². The van der Waals surface area contributed by atoms with Gasteiger partial charge in [0.25, 0.3) is 0 Å². The molecule has 1 aromatic carbocycles. The number of amides is 2. The maximum atomic E-state index is 12.1. The molecule has 19 heavy (non-hydrogen) atoms. The number of nitrogens with two attached hydrogens (primary N) is 1. The summed E-state index contributed by atoms with van der Waals surface area (Å²) in [4.78, 5) is 14.0. The highest BCUT2D eigenvalue weighted by Gasteiger charge is 2.25. The molecular formula is C15H23N3O. The minimum atomic E-state index is 0.0224. The molecule has 104 valence electrons. The van der Waals surface area contributed by atoms with Gasteiger partial charge in [0.2, 0.25) is 0 Å². The Bertz CT molecular complexity index is 405. The van der Waals surface area contributed by atoms with Crippen molar-refractivity contribution in [2.45, 2.75) is 32.4 Å². The summed E-state index contributed by atoms with van der Waals surface area (Å²) in [5, 5.41) is 2.97. The van der Waals surface area contributed by atoms with Gasteiger partial charge in [-0.1, -0.05) is 30.3 Å². The van der Waals surface area contributed by atoms with Gasteiger partial charge in [0, 0.05) is 25.7 Å². The molecule has 2 unspecified atom stereocenters. The molecule has 0 spiro atoms. The molecule has 4 heteroatoms. The van der Waals surface area contributed by atoms with Gasteiger partial charge < -0.3 is 16.0 Å². The normalized spacial score (nSPS) is 20.9. The zero-order chi connectivity index (χ0) is 13.7. The van der Waals surface area contributed by atoms with Crippen LogP contribution in [0.25, 0.3) is 0 Å². The number of benzene rings is 1. The number of urea groups is 1. The molecule has 2 rings (SSSR count). The standard InChI is InChI=1S/C15H23N3O/c1-12(16)14-8-5-9-18(11-14)15(19)17-10-13-6-3-2-4-7-13/h2-4,6-7,12,14H,5,8-11,16H2,1H3,(H,17,19). The van der Waals surface area contributed by atoms with Crippen LogP contribution in [-0.2, 0) is 6.54 Å². The Morgan fingerprint density at radius 2 is 2.21 bits per heavy atom. The van der Waals surface area contributed by atoms with Crippen molar-refractivity contribution in [1.82, 2.24) is 10.2 Å². The minimum Gasteiger partial charge on any atom is -0.334 e. The van der Waals surface area contributed by atoms with Crippen LogP contribution in [0.15, 0.2) is 30.3 Å². The Morgan fingerprint density at radius 3 is 2.89 bits per heavy atom. The zero-order valence-electron chi connectivity index (χ0n) is 11.5. The molecule has 1 fully saturated rings. The first-order valence-corrected chi connectivity index (χ1v) is 6.99. The predicted octanol–water partition coefficient (Wildman–Crippen LogP) is 1.96. The molecule has 1 aliphatic rings. The van der Waals surface area contributed by atoms with Crippen molar-refractivity contribution in [2.75, 3.05) is 13.1 Å². The second-order valence-electron chi connectivity index (χ2n) is 5.35. The van der Waals surface area contributed by atoms with E-state index in [2.05, 4.69) is 5.32 Å². The van der Waals surface area contributed by atoms with Crippen molar-refractivity contribution in [2.24, 2.45) is 11.7 Å². The lowest BCUT2D eigenvalue weighted by molar-refractivity contribution is 0.158. The third-order valence-corrected chi connectivity index (χ3v) is 3.78. The first-order chi connectivity index (χ1) is 9.16. The zero-order valence-corrected chi connectivity index (χ0v) is 11.5. The summed E-state index contributed by atoms with van der Waals surface area (Å²) in [5.74, 6) is 0.427. The van der Waals surface area contributed by atoms with Crippen LogP contribution in [0.2, 0.25) is 0 Å². The third kappa shape index (κ3) is 3.96. The Kier molecular flexibility index (Phi) is 4.80. The monoisotopic (exact) mass is 261 g/mol. The molecule has 0 radical (unpaired) electrons. The minimum absolute atomic E-state index is 0.0224. The highest BCUT2D eigenvalue weighted by Crippen LogP contribution is 2.18. The second kappa shape index (κ2) is 6.57. The summed E-state index contributed by atoms with van der Waals surface area (Å²) >= 11 is 0. The number of nitrogens with zero attached hydrogens (tertiary/aromatic N) is 1. The molecule has 1 aromatic rings. The maximum absolute atomic E-state index is 12.1. The van der Waals surface area contributed by atoms with E-state index in [4.69, 9.17) is 5.73 Å². The van der Waals surface area contributed by atoms with E-state index >= 15 is 0 Å². The quantitative estimate of drug-likeness (QED) is 0.873. The van der Waals surface area contributed by atoms with Crippen LogP contribution in [0.4, 0.5) is 4.79 Å². The fourth-order valence-electron chi connectivity index (χ4n) is 2.51. The highest BCUT2D eigenvalue weighted by molar-refractivity contribution is 5.74. The van der Waals surface area contributed by atoms with Gasteiger partial charge in [-0.3, -0.25) is 0 Å². The fraction of sp³-hybridized carbons (Fsp3) is 0.533. The van der Waals surface area contributed by atoms with Gasteiger partial charge in [-0.15, -0.1) is 0 Å². The lowest BCUT2D eigenvalue weighted by Gasteiger charge is -2.34. The molecule has 1 aliphatic heterocycles. The number of hydrogen-bond acceptors (Lipinski definition) is 2. The molecule has 2 amide bonds. The van der Waals surface area contributed by atoms with Crippen LogP contribution < -0.4 is 11.1 Å². The Morgan fingerprint density at radius 1 is 1.47 bits per heavy atom. The molecule has 0 bridgehead atoms. The number of carbonyl (C=O) groups is 1. The summed E-state index contributed by atoms with van der Waals surface area (Å²) in [6, 6.07) is 10.1. The van der Waals surface area contributed by atoms with E-state index in [-0.39, 0.29) is 12.1 Å². The summed E-state index contributed by atoms with van der Waals surface area (Å²) < 4.78 is 0. The molecule has 0 saturated carbocycles. The van der Waals surface area contributed by atoms with Crippen molar-refractivity contribution < 1.29 is 4.79 Å². The van der Waals surface area contributed by atoms with E-state index in [1.54, 1.807) is 0 Å². The maximum Gasteiger partial charge on any atom is 0.317 e. The largest absolute Gasteiger partial charge is 0.334 e. The van der Waals surface area contributed by atoms with Crippen molar-refractivity contribution in [3.05, 3.63) is 35.9 Å². The van der Waals surface area contributed by atoms with E-state index in [0.29, 0.717) is 12.5 Å². The van der Waals surface area contributed by atoms with E-state index < -0.39 is 0 Å². The van der Waals surface area contributed by atoms with Gasteiger partial charge in [-0.25, -0.2) is 4.79 Å². The van der Waals surface area contributed by atoms with E-state index in [0.717, 1.165) is 31.5 Å². The van der Waals surface area contributed by atoms with Crippen molar-refractivity contribution in [1.29, 1.82) is 0 Å². The van der Waals surface area contributed by atoms with Gasteiger partial charge in [0.05, 0.1) is 0 Å². The summed E-state index contributed by atoms with van der Waals surface area (Å²) in [6.45, 7) is 4.22. The Labute approximate surface area is 115 Å². The fourth-order valence-corrected chi connectivity index (χ4v) is 2.51. The van der Waals surface area contributed by atoms with Gasteiger partial charge in [0.1, 0.15) is 0 Å². The molecular weight excluding hydrogens is 238 g/mol. The first kappa shape index (κ1) is 13.9. The van der Waals surface area contributed by atoms with Gasteiger partial charge in [-0.2, -0.15) is 0 Å². The number of piperidine rings is 1. The van der Waals surface area contributed by atoms with E-state index in [1.807, 2.05) is 42.2 Å². The molecule has 0 aliphatic carbocycles. The molecule has 0 aromatic heterocycles. The van der Waals surface area contributed by atoms with Crippen LogP contribution in [0, 0.1) is 5.92 Å². The van der Waals surface area contributed by atoms with E-state index in [1.165, 1.54) is 0 Å². The lowest BCUT2D eigenvalue weighted by Crippen LogP contribution is -2.48. The van der Waals surface area contributed by atoms with Crippen LogP contribution in [0.3, 0.4) is 0 Å². The average Bonchev–Trinajstić information content (AvgIpc) is 2.46. The smallest absolute Gasteiger partial charge is 0.317 e. The SMILES string of the molecule is CC(N)C1CCCN(C(=O)NCc2ccccc2)C1. The Balaban J connectivity index is 1.83. The molecule has 1 saturated heterocycles. The van der Waals surface area contributed by atoms with Gasteiger partial charge in [0.15, 0.2) is 0 Å². The van der Waals surface area contributed by atoms with Crippen molar-refractivity contribution >= 4 is 6.03 Å². The Hall–Kier alpha value is -1.55. The predicted molar refractivity (Wildman–Crippen MR) is 76.6 cm³/mol. The first-order valence-electron chi connectivity index (χ1n) is 6.99. The number of likely N-dealkylation sites (tertiary alicyclic amines) is 1.